The number of aromatic nitrogens is 2. The van der Waals surface area contributed by atoms with Gasteiger partial charge in [-0.2, -0.15) is 5.10 Å². The molecule has 0 spiro atoms. The SMILES string of the molecule is CC(C(=O)Nc1ccc(Br)cc1)n1nc(C2CC2)ccc1=O. The van der Waals surface area contributed by atoms with Gasteiger partial charge >= 0.3 is 0 Å². The molecule has 1 atom stereocenters. The maximum Gasteiger partial charge on any atom is 0.267 e. The van der Waals surface area contributed by atoms with Gasteiger partial charge < -0.3 is 5.32 Å². The van der Waals surface area contributed by atoms with E-state index in [4.69, 9.17) is 0 Å². The maximum absolute atomic E-state index is 12.3. The normalized spacial score (nSPS) is 15.4. The molecule has 1 saturated carbocycles. The minimum atomic E-state index is -0.658. The molecule has 6 heteroatoms. The molecule has 1 heterocycles. The molecule has 1 fully saturated rings. The zero-order chi connectivity index (χ0) is 15.7. The van der Waals surface area contributed by atoms with Crippen LogP contribution in [0.15, 0.2) is 45.7 Å². The molecule has 1 aromatic heterocycles. The summed E-state index contributed by atoms with van der Waals surface area (Å²) in [6.45, 7) is 1.68. The fourth-order valence-corrected chi connectivity index (χ4v) is 2.47. The van der Waals surface area contributed by atoms with Crippen LogP contribution < -0.4 is 10.9 Å². The van der Waals surface area contributed by atoms with E-state index < -0.39 is 6.04 Å². The lowest BCUT2D eigenvalue weighted by molar-refractivity contribution is -0.119. The van der Waals surface area contributed by atoms with Crippen LogP contribution in [0.2, 0.25) is 0 Å². The van der Waals surface area contributed by atoms with Gasteiger partial charge in [-0.15, -0.1) is 0 Å². The van der Waals surface area contributed by atoms with Crippen molar-refractivity contribution in [2.75, 3.05) is 5.32 Å². The number of nitrogens with zero attached hydrogens (tertiary/aromatic N) is 2. The lowest BCUT2D eigenvalue weighted by atomic mass is 10.2. The van der Waals surface area contributed by atoms with E-state index in [0.717, 1.165) is 23.0 Å². The van der Waals surface area contributed by atoms with Gasteiger partial charge in [0.15, 0.2) is 0 Å². The van der Waals surface area contributed by atoms with Gasteiger partial charge in [0.2, 0.25) is 5.91 Å². The summed E-state index contributed by atoms with van der Waals surface area (Å²) in [5, 5.41) is 7.15. The fraction of sp³-hybridized carbons (Fsp3) is 0.312. The van der Waals surface area contributed by atoms with Crippen LogP contribution in [0.3, 0.4) is 0 Å². The quantitative estimate of drug-likeness (QED) is 0.909. The van der Waals surface area contributed by atoms with Gasteiger partial charge in [0.1, 0.15) is 6.04 Å². The Labute approximate surface area is 136 Å². The Kier molecular flexibility index (Phi) is 4.11. The molecule has 1 N–H and O–H groups in total. The van der Waals surface area contributed by atoms with Crippen molar-refractivity contribution in [3.8, 4) is 0 Å². The lowest BCUT2D eigenvalue weighted by Gasteiger charge is -2.15. The van der Waals surface area contributed by atoms with Gasteiger partial charge in [0.25, 0.3) is 5.56 Å². The van der Waals surface area contributed by atoms with Crippen LogP contribution in [0.25, 0.3) is 0 Å². The number of nitrogens with one attached hydrogen (secondary N) is 1. The van der Waals surface area contributed by atoms with Crippen LogP contribution in [0, 0.1) is 0 Å². The summed E-state index contributed by atoms with van der Waals surface area (Å²) in [5.41, 5.74) is 1.32. The first-order valence-corrected chi connectivity index (χ1v) is 8.00. The van der Waals surface area contributed by atoms with E-state index in [1.54, 1.807) is 25.1 Å². The van der Waals surface area contributed by atoms with E-state index in [1.807, 2.05) is 12.1 Å². The Morgan fingerprint density at radius 1 is 1.27 bits per heavy atom. The minimum Gasteiger partial charge on any atom is -0.324 e. The highest BCUT2D eigenvalue weighted by molar-refractivity contribution is 9.10. The highest BCUT2D eigenvalue weighted by Crippen LogP contribution is 2.38. The predicted octanol–water partition coefficient (Wildman–Crippen LogP) is 3.08. The summed E-state index contributed by atoms with van der Waals surface area (Å²) in [7, 11) is 0. The molecule has 0 aliphatic heterocycles. The molecule has 3 rings (SSSR count). The smallest absolute Gasteiger partial charge is 0.267 e. The van der Waals surface area contributed by atoms with Crippen molar-refractivity contribution < 1.29 is 4.79 Å². The monoisotopic (exact) mass is 361 g/mol. The highest BCUT2D eigenvalue weighted by atomic mass is 79.9. The molecule has 0 saturated heterocycles. The van der Waals surface area contributed by atoms with Crippen LogP contribution >= 0.6 is 15.9 Å². The van der Waals surface area contributed by atoms with Gasteiger partial charge in [-0.05, 0) is 50.1 Å². The number of carbonyl (C=O) groups excluding carboxylic acids is 1. The fourth-order valence-electron chi connectivity index (χ4n) is 2.21. The topological polar surface area (TPSA) is 64.0 Å². The summed E-state index contributed by atoms with van der Waals surface area (Å²) in [4.78, 5) is 24.3. The van der Waals surface area contributed by atoms with Gasteiger partial charge in [0.05, 0.1) is 5.69 Å². The third-order valence-electron chi connectivity index (χ3n) is 3.70. The molecule has 1 amide bonds. The van der Waals surface area contributed by atoms with E-state index in [-0.39, 0.29) is 11.5 Å². The molecule has 1 unspecified atom stereocenters. The summed E-state index contributed by atoms with van der Waals surface area (Å²) < 4.78 is 2.20. The van der Waals surface area contributed by atoms with E-state index in [9.17, 15) is 9.59 Å². The van der Waals surface area contributed by atoms with Gasteiger partial charge in [-0.1, -0.05) is 15.9 Å². The number of amides is 1. The summed E-state index contributed by atoms with van der Waals surface area (Å²) in [6, 6.07) is 9.88. The first kappa shape index (κ1) is 15.0. The lowest BCUT2D eigenvalue weighted by Crippen LogP contribution is -2.33. The minimum absolute atomic E-state index is 0.259. The third kappa shape index (κ3) is 3.27. The second-order valence-electron chi connectivity index (χ2n) is 5.49. The molecule has 0 bridgehead atoms. The molecule has 5 nitrogen and oxygen atoms in total. The standard InChI is InChI=1S/C16H16BrN3O2/c1-10(16(22)18-13-6-4-12(17)5-7-13)20-15(21)9-8-14(19-20)11-2-3-11/h4-11H,2-3H2,1H3,(H,18,22). The third-order valence-corrected chi connectivity index (χ3v) is 4.23. The number of hydrogen-bond acceptors (Lipinski definition) is 3. The van der Waals surface area contributed by atoms with Crippen LogP contribution in [-0.2, 0) is 4.79 Å². The van der Waals surface area contributed by atoms with Crippen LogP contribution in [0.1, 0.15) is 37.4 Å². The first-order valence-electron chi connectivity index (χ1n) is 7.21. The Balaban J connectivity index is 1.79. The molecule has 1 aliphatic rings. The Morgan fingerprint density at radius 3 is 2.59 bits per heavy atom. The molecule has 2 aromatic rings. The predicted molar refractivity (Wildman–Crippen MR) is 88.0 cm³/mol. The van der Waals surface area contributed by atoms with Crippen molar-refractivity contribution in [1.82, 2.24) is 9.78 Å². The number of hydrogen-bond donors (Lipinski definition) is 1. The average molecular weight is 362 g/mol. The molecular formula is C16H16BrN3O2. The zero-order valence-electron chi connectivity index (χ0n) is 12.1. The van der Waals surface area contributed by atoms with E-state index >= 15 is 0 Å². The first-order chi connectivity index (χ1) is 10.5. The Bertz CT molecular complexity index is 751. The average Bonchev–Trinajstić information content (AvgIpc) is 3.34. The largest absolute Gasteiger partial charge is 0.324 e. The van der Waals surface area contributed by atoms with Crippen LogP contribution in [0.4, 0.5) is 5.69 Å². The molecule has 1 aromatic carbocycles. The maximum atomic E-state index is 12.3. The molecular weight excluding hydrogens is 346 g/mol. The van der Waals surface area contributed by atoms with Crippen molar-refractivity contribution >= 4 is 27.5 Å². The van der Waals surface area contributed by atoms with Crippen molar-refractivity contribution in [2.45, 2.75) is 31.7 Å². The Morgan fingerprint density at radius 2 is 1.95 bits per heavy atom. The number of halogens is 1. The summed E-state index contributed by atoms with van der Waals surface area (Å²) in [5.74, 6) is 0.179. The zero-order valence-corrected chi connectivity index (χ0v) is 13.7. The highest BCUT2D eigenvalue weighted by Gasteiger charge is 2.27. The molecule has 0 radical (unpaired) electrons. The Hall–Kier alpha value is -1.95. The van der Waals surface area contributed by atoms with Gasteiger partial charge in [-0.25, -0.2) is 4.68 Å². The van der Waals surface area contributed by atoms with Crippen molar-refractivity contribution in [3.05, 3.63) is 56.9 Å². The second-order valence-corrected chi connectivity index (χ2v) is 6.40. The van der Waals surface area contributed by atoms with Gasteiger partial charge in [0, 0.05) is 22.1 Å². The number of benzene rings is 1. The van der Waals surface area contributed by atoms with Crippen molar-refractivity contribution in [3.63, 3.8) is 0 Å². The van der Waals surface area contributed by atoms with E-state index in [2.05, 4.69) is 26.3 Å². The molecule has 1 aliphatic carbocycles. The van der Waals surface area contributed by atoms with Crippen LogP contribution in [-0.4, -0.2) is 15.7 Å². The summed E-state index contributed by atoms with van der Waals surface area (Å²) >= 11 is 3.35. The number of carbonyl (C=O) groups is 1. The summed E-state index contributed by atoms with van der Waals surface area (Å²) in [6.07, 6.45) is 2.20. The van der Waals surface area contributed by atoms with E-state index in [1.165, 1.54) is 10.7 Å². The van der Waals surface area contributed by atoms with Gasteiger partial charge in [-0.3, -0.25) is 9.59 Å². The number of rotatable bonds is 4. The molecule has 22 heavy (non-hydrogen) atoms. The van der Waals surface area contributed by atoms with E-state index in [0.29, 0.717) is 11.6 Å². The molecule has 114 valence electrons. The number of anilines is 1. The van der Waals surface area contributed by atoms with Crippen molar-refractivity contribution in [2.24, 2.45) is 0 Å². The van der Waals surface area contributed by atoms with Crippen LogP contribution in [0.5, 0.6) is 0 Å². The van der Waals surface area contributed by atoms with Crippen molar-refractivity contribution in [1.29, 1.82) is 0 Å². The second kappa shape index (κ2) is 6.04.